The molecule has 1 atom stereocenters. The third-order valence-corrected chi connectivity index (χ3v) is 2.60. The number of aryl methyl sites for hydroxylation is 1. The van der Waals surface area contributed by atoms with Crippen molar-refractivity contribution in [3.05, 3.63) is 23.3 Å². The van der Waals surface area contributed by atoms with Crippen LogP contribution in [0.2, 0.25) is 0 Å². The highest BCUT2D eigenvalue weighted by atomic mass is 16.7. The Kier molecular flexibility index (Phi) is 2.26. The van der Waals surface area contributed by atoms with Crippen LogP contribution in [0.1, 0.15) is 24.0 Å². The third-order valence-electron chi connectivity index (χ3n) is 2.60. The molecular formula is C11H12O4. The molecule has 0 amide bonds. The van der Waals surface area contributed by atoms with Gasteiger partial charge < -0.3 is 14.6 Å². The summed E-state index contributed by atoms with van der Waals surface area (Å²) in [4.78, 5) is 10.9. The molecule has 0 bridgehead atoms. The quantitative estimate of drug-likeness (QED) is 0.806. The maximum Gasteiger partial charge on any atom is 0.310 e. The van der Waals surface area contributed by atoms with Gasteiger partial charge in [-0.3, -0.25) is 4.79 Å². The molecule has 0 radical (unpaired) electrons. The number of benzene rings is 1. The minimum atomic E-state index is -0.836. The monoisotopic (exact) mass is 208 g/mol. The van der Waals surface area contributed by atoms with Gasteiger partial charge in [0, 0.05) is 0 Å². The Bertz CT molecular complexity index is 411. The fraction of sp³-hybridized carbons (Fsp3) is 0.364. The van der Waals surface area contributed by atoms with Crippen LogP contribution < -0.4 is 9.47 Å². The van der Waals surface area contributed by atoms with Crippen molar-refractivity contribution in [1.82, 2.24) is 0 Å². The molecule has 1 unspecified atom stereocenters. The first kappa shape index (κ1) is 9.83. The first-order chi connectivity index (χ1) is 7.09. The molecule has 80 valence electrons. The summed E-state index contributed by atoms with van der Waals surface area (Å²) in [6, 6.07) is 3.56. The largest absolute Gasteiger partial charge is 0.481 e. The summed E-state index contributed by atoms with van der Waals surface area (Å²) in [7, 11) is 0. The molecule has 0 saturated heterocycles. The maximum atomic E-state index is 10.9. The zero-order valence-corrected chi connectivity index (χ0v) is 8.61. The van der Waals surface area contributed by atoms with Crippen molar-refractivity contribution in [3.63, 3.8) is 0 Å². The summed E-state index contributed by atoms with van der Waals surface area (Å²) in [5, 5.41) is 8.94. The summed E-state index contributed by atoms with van der Waals surface area (Å²) in [6.45, 7) is 3.74. The predicted octanol–water partition coefficient (Wildman–Crippen LogP) is 1.91. The Morgan fingerprint density at radius 1 is 1.40 bits per heavy atom. The van der Waals surface area contributed by atoms with Crippen LogP contribution in [0, 0.1) is 6.92 Å². The van der Waals surface area contributed by atoms with Crippen LogP contribution in [0.15, 0.2) is 12.1 Å². The SMILES string of the molecule is Cc1cc2c(cc1C(C)C(=O)O)OCO2. The number of ether oxygens (including phenoxy) is 2. The number of carboxylic acid groups (broad SMARTS) is 1. The highest BCUT2D eigenvalue weighted by Crippen LogP contribution is 2.36. The van der Waals surface area contributed by atoms with Gasteiger partial charge in [-0.15, -0.1) is 0 Å². The Hall–Kier alpha value is -1.71. The molecule has 15 heavy (non-hydrogen) atoms. The van der Waals surface area contributed by atoms with Gasteiger partial charge in [-0.2, -0.15) is 0 Å². The van der Waals surface area contributed by atoms with Gasteiger partial charge in [0.2, 0.25) is 6.79 Å². The Morgan fingerprint density at radius 2 is 2.00 bits per heavy atom. The zero-order valence-electron chi connectivity index (χ0n) is 8.61. The number of fused-ring (bicyclic) bond motifs is 1. The second kappa shape index (κ2) is 3.46. The van der Waals surface area contributed by atoms with E-state index in [1.165, 1.54) is 0 Å². The predicted molar refractivity (Wildman–Crippen MR) is 53.4 cm³/mol. The van der Waals surface area contributed by atoms with Gasteiger partial charge >= 0.3 is 5.97 Å². The summed E-state index contributed by atoms with van der Waals surface area (Å²) in [5.41, 5.74) is 1.68. The van der Waals surface area contributed by atoms with E-state index < -0.39 is 11.9 Å². The van der Waals surface area contributed by atoms with Crippen molar-refractivity contribution in [1.29, 1.82) is 0 Å². The summed E-state index contributed by atoms with van der Waals surface area (Å²) in [5.74, 6) is -0.0472. The molecule has 1 aliphatic rings. The second-order valence-electron chi connectivity index (χ2n) is 3.62. The van der Waals surface area contributed by atoms with E-state index in [1.54, 1.807) is 13.0 Å². The molecule has 1 aromatic carbocycles. The molecule has 1 aromatic rings. The van der Waals surface area contributed by atoms with Crippen molar-refractivity contribution in [3.8, 4) is 11.5 Å². The Balaban J connectivity index is 2.44. The minimum absolute atomic E-state index is 0.208. The van der Waals surface area contributed by atoms with E-state index in [1.807, 2.05) is 13.0 Å². The molecule has 0 spiro atoms. The lowest BCUT2D eigenvalue weighted by Gasteiger charge is -2.11. The van der Waals surface area contributed by atoms with Gasteiger partial charge in [-0.25, -0.2) is 0 Å². The number of carbonyl (C=O) groups is 1. The normalized spacial score (nSPS) is 15.1. The van der Waals surface area contributed by atoms with Crippen LogP contribution in [0.4, 0.5) is 0 Å². The molecule has 1 N–H and O–H groups in total. The highest BCUT2D eigenvalue weighted by molar-refractivity contribution is 5.76. The lowest BCUT2D eigenvalue weighted by molar-refractivity contribution is -0.138. The van der Waals surface area contributed by atoms with Crippen molar-refractivity contribution in [2.45, 2.75) is 19.8 Å². The topological polar surface area (TPSA) is 55.8 Å². The summed E-state index contributed by atoms with van der Waals surface area (Å²) in [6.07, 6.45) is 0. The Morgan fingerprint density at radius 3 is 2.60 bits per heavy atom. The molecule has 4 heteroatoms. The lowest BCUT2D eigenvalue weighted by atomic mass is 9.96. The van der Waals surface area contributed by atoms with Crippen LogP contribution in [0.3, 0.4) is 0 Å². The van der Waals surface area contributed by atoms with E-state index in [0.29, 0.717) is 11.5 Å². The van der Waals surface area contributed by atoms with Crippen LogP contribution in [0.25, 0.3) is 0 Å². The first-order valence-electron chi connectivity index (χ1n) is 4.72. The van der Waals surface area contributed by atoms with E-state index in [4.69, 9.17) is 14.6 Å². The highest BCUT2D eigenvalue weighted by Gasteiger charge is 2.21. The van der Waals surface area contributed by atoms with Gasteiger partial charge in [0.25, 0.3) is 0 Å². The van der Waals surface area contributed by atoms with Crippen molar-refractivity contribution >= 4 is 5.97 Å². The number of rotatable bonds is 2. The summed E-state index contributed by atoms with van der Waals surface area (Å²) < 4.78 is 10.4. The molecule has 1 heterocycles. The standard InChI is InChI=1S/C11H12O4/c1-6-3-9-10(15-5-14-9)4-8(6)7(2)11(12)13/h3-4,7H,5H2,1-2H3,(H,12,13). The molecular weight excluding hydrogens is 196 g/mol. The van der Waals surface area contributed by atoms with Gasteiger partial charge in [0.05, 0.1) is 5.92 Å². The number of carboxylic acids is 1. The van der Waals surface area contributed by atoms with Crippen LogP contribution in [0.5, 0.6) is 11.5 Å². The van der Waals surface area contributed by atoms with Crippen molar-refractivity contribution in [2.75, 3.05) is 6.79 Å². The molecule has 0 aromatic heterocycles. The molecule has 2 rings (SSSR count). The molecule has 0 fully saturated rings. The van der Waals surface area contributed by atoms with Crippen LogP contribution in [-0.2, 0) is 4.79 Å². The Labute approximate surface area is 87.4 Å². The van der Waals surface area contributed by atoms with E-state index in [9.17, 15) is 4.79 Å². The number of hydrogen-bond acceptors (Lipinski definition) is 3. The number of hydrogen-bond donors (Lipinski definition) is 1. The number of aliphatic carboxylic acids is 1. The first-order valence-corrected chi connectivity index (χ1v) is 4.72. The van der Waals surface area contributed by atoms with Crippen molar-refractivity contribution < 1.29 is 19.4 Å². The zero-order chi connectivity index (χ0) is 11.0. The average molecular weight is 208 g/mol. The molecule has 1 aliphatic heterocycles. The van der Waals surface area contributed by atoms with E-state index in [0.717, 1.165) is 11.1 Å². The van der Waals surface area contributed by atoms with Gasteiger partial charge in [0.15, 0.2) is 11.5 Å². The van der Waals surface area contributed by atoms with Crippen LogP contribution in [-0.4, -0.2) is 17.9 Å². The van der Waals surface area contributed by atoms with Gasteiger partial charge in [0.1, 0.15) is 0 Å². The van der Waals surface area contributed by atoms with E-state index in [2.05, 4.69) is 0 Å². The average Bonchev–Trinajstić information content (AvgIpc) is 2.62. The summed E-state index contributed by atoms with van der Waals surface area (Å²) >= 11 is 0. The smallest absolute Gasteiger partial charge is 0.310 e. The van der Waals surface area contributed by atoms with Gasteiger partial charge in [-0.05, 0) is 37.1 Å². The van der Waals surface area contributed by atoms with Crippen molar-refractivity contribution in [2.24, 2.45) is 0 Å². The maximum absolute atomic E-state index is 10.9. The lowest BCUT2D eigenvalue weighted by Crippen LogP contribution is -2.08. The van der Waals surface area contributed by atoms with E-state index >= 15 is 0 Å². The fourth-order valence-electron chi connectivity index (χ4n) is 1.66. The molecule has 4 nitrogen and oxygen atoms in total. The fourth-order valence-corrected chi connectivity index (χ4v) is 1.66. The second-order valence-corrected chi connectivity index (χ2v) is 3.62. The molecule has 0 saturated carbocycles. The van der Waals surface area contributed by atoms with E-state index in [-0.39, 0.29) is 6.79 Å². The molecule has 0 aliphatic carbocycles. The third kappa shape index (κ3) is 1.63. The van der Waals surface area contributed by atoms with Gasteiger partial charge in [-0.1, -0.05) is 0 Å². The van der Waals surface area contributed by atoms with Crippen LogP contribution >= 0.6 is 0 Å². The minimum Gasteiger partial charge on any atom is -0.481 e.